The second-order valence-corrected chi connectivity index (χ2v) is 5.84. The van der Waals surface area contributed by atoms with E-state index in [-0.39, 0.29) is 12.1 Å². The summed E-state index contributed by atoms with van der Waals surface area (Å²) in [6.07, 6.45) is 1.98. The Labute approximate surface area is 132 Å². The Morgan fingerprint density at radius 1 is 1.45 bits per heavy atom. The van der Waals surface area contributed by atoms with Crippen LogP contribution < -0.4 is 10.6 Å². The molecule has 7 heteroatoms. The van der Waals surface area contributed by atoms with Crippen molar-refractivity contribution in [3.63, 3.8) is 0 Å². The first-order valence-electron chi connectivity index (χ1n) is 7.83. The maximum absolute atomic E-state index is 12.0. The van der Waals surface area contributed by atoms with Crippen LogP contribution in [-0.4, -0.2) is 60.1 Å². The van der Waals surface area contributed by atoms with Crippen LogP contribution in [0.25, 0.3) is 0 Å². The highest BCUT2D eigenvalue weighted by Gasteiger charge is 2.20. The fourth-order valence-corrected chi connectivity index (χ4v) is 2.76. The third-order valence-corrected chi connectivity index (χ3v) is 4.06. The van der Waals surface area contributed by atoms with Crippen molar-refractivity contribution in [1.29, 1.82) is 0 Å². The number of amides is 2. The van der Waals surface area contributed by atoms with E-state index in [4.69, 9.17) is 4.74 Å². The summed E-state index contributed by atoms with van der Waals surface area (Å²) in [6, 6.07) is 2.13. The number of likely N-dealkylation sites (tertiary alicyclic amines) is 1. The third-order valence-electron chi connectivity index (χ3n) is 4.06. The van der Waals surface area contributed by atoms with Crippen LogP contribution >= 0.6 is 0 Å². The molecule has 0 unspecified atom stereocenters. The predicted molar refractivity (Wildman–Crippen MR) is 84.7 cm³/mol. The van der Waals surface area contributed by atoms with Gasteiger partial charge in [-0.05, 0) is 25.8 Å². The van der Waals surface area contributed by atoms with Crippen molar-refractivity contribution in [3.8, 4) is 0 Å². The van der Waals surface area contributed by atoms with Gasteiger partial charge in [0.2, 0.25) is 0 Å². The van der Waals surface area contributed by atoms with Crippen LogP contribution in [0.1, 0.15) is 24.2 Å². The van der Waals surface area contributed by atoms with Crippen molar-refractivity contribution in [1.82, 2.24) is 25.3 Å². The van der Waals surface area contributed by atoms with E-state index in [9.17, 15) is 4.79 Å². The fourth-order valence-electron chi connectivity index (χ4n) is 2.76. The van der Waals surface area contributed by atoms with Gasteiger partial charge in [0.05, 0.1) is 24.5 Å². The number of piperidine rings is 1. The average Bonchev–Trinajstić information content (AvgIpc) is 2.82. The van der Waals surface area contributed by atoms with E-state index in [0.29, 0.717) is 6.54 Å². The average molecular weight is 309 g/mol. The monoisotopic (exact) mass is 309 g/mol. The van der Waals surface area contributed by atoms with Gasteiger partial charge in [-0.1, -0.05) is 0 Å². The van der Waals surface area contributed by atoms with Gasteiger partial charge >= 0.3 is 6.03 Å². The minimum absolute atomic E-state index is 0.103. The number of carbonyl (C=O) groups is 1. The molecule has 0 bridgehead atoms. The Balaban J connectivity index is 1.66. The van der Waals surface area contributed by atoms with Crippen LogP contribution in [0.15, 0.2) is 6.07 Å². The number of rotatable bonds is 6. The second-order valence-electron chi connectivity index (χ2n) is 5.84. The van der Waals surface area contributed by atoms with Crippen LogP contribution in [-0.2, 0) is 18.3 Å². The number of carbonyl (C=O) groups excluding carboxylic acids is 1. The van der Waals surface area contributed by atoms with Gasteiger partial charge in [0.15, 0.2) is 0 Å². The number of aromatic nitrogens is 2. The molecule has 0 saturated carbocycles. The number of nitrogens with one attached hydrogen (secondary N) is 2. The molecule has 1 fully saturated rings. The Bertz CT molecular complexity index is 480. The molecule has 0 radical (unpaired) electrons. The molecule has 1 saturated heterocycles. The Morgan fingerprint density at radius 3 is 2.77 bits per heavy atom. The van der Waals surface area contributed by atoms with Crippen molar-refractivity contribution >= 4 is 6.03 Å². The van der Waals surface area contributed by atoms with Gasteiger partial charge in [0, 0.05) is 39.8 Å². The normalized spacial score (nSPS) is 16.7. The fraction of sp³-hybridized carbons (Fsp3) is 0.733. The van der Waals surface area contributed by atoms with E-state index in [1.54, 1.807) is 11.8 Å². The number of urea groups is 1. The molecule has 0 aliphatic carbocycles. The number of aryl methyl sites for hydroxylation is 2. The molecule has 7 nitrogen and oxygen atoms in total. The first-order valence-corrected chi connectivity index (χ1v) is 7.83. The summed E-state index contributed by atoms with van der Waals surface area (Å²) >= 11 is 0. The van der Waals surface area contributed by atoms with E-state index in [0.717, 1.165) is 50.5 Å². The van der Waals surface area contributed by atoms with Crippen LogP contribution in [0.3, 0.4) is 0 Å². The van der Waals surface area contributed by atoms with Crippen molar-refractivity contribution in [3.05, 3.63) is 17.5 Å². The zero-order chi connectivity index (χ0) is 15.9. The van der Waals surface area contributed by atoms with Crippen molar-refractivity contribution in [2.24, 2.45) is 7.05 Å². The third kappa shape index (κ3) is 4.99. The van der Waals surface area contributed by atoms with Crippen LogP contribution in [0.5, 0.6) is 0 Å². The molecule has 1 aliphatic rings. The van der Waals surface area contributed by atoms with Crippen LogP contribution in [0.4, 0.5) is 4.79 Å². The summed E-state index contributed by atoms with van der Waals surface area (Å²) in [5.41, 5.74) is 1.96. The van der Waals surface area contributed by atoms with E-state index >= 15 is 0 Å². The summed E-state index contributed by atoms with van der Waals surface area (Å²) in [6.45, 7) is 6.19. The van der Waals surface area contributed by atoms with Crippen molar-refractivity contribution in [2.75, 3.05) is 33.4 Å². The first-order chi connectivity index (χ1) is 10.6. The largest absolute Gasteiger partial charge is 0.383 e. The van der Waals surface area contributed by atoms with E-state index in [2.05, 4.69) is 20.6 Å². The SMILES string of the molecule is COCCN1CCC(NC(=O)NCc2cc(C)nn2C)CC1. The second kappa shape index (κ2) is 8.14. The van der Waals surface area contributed by atoms with E-state index in [1.807, 2.05) is 20.0 Å². The highest BCUT2D eigenvalue weighted by Crippen LogP contribution is 2.09. The highest BCUT2D eigenvalue weighted by molar-refractivity contribution is 5.74. The van der Waals surface area contributed by atoms with Gasteiger partial charge in [0.25, 0.3) is 0 Å². The Hall–Kier alpha value is -1.60. The number of nitrogens with zero attached hydrogens (tertiary/aromatic N) is 3. The molecule has 0 spiro atoms. The number of ether oxygens (including phenoxy) is 1. The minimum Gasteiger partial charge on any atom is -0.383 e. The molecule has 0 atom stereocenters. The molecule has 1 aromatic heterocycles. The molecule has 2 N–H and O–H groups in total. The number of methoxy groups -OCH3 is 1. The summed E-state index contributed by atoms with van der Waals surface area (Å²) in [5, 5.41) is 10.2. The van der Waals surface area contributed by atoms with Crippen molar-refractivity contribution < 1.29 is 9.53 Å². The number of hydrogen-bond donors (Lipinski definition) is 2. The molecular weight excluding hydrogens is 282 g/mol. The quantitative estimate of drug-likeness (QED) is 0.809. The molecular formula is C15H27N5O2. The maximum Gasteiger partial charge on any atom is 0.315 e. The molecule has 0 aromatic carbocycles. The summed E-state index contributed by atoms with van der Waals surface area (Å²) in [7, 11) is 3.61. The zero-order valence-corrected chi connectivity index (χ0v) is 13.8. The van der Waals surface area contributed by atoms with Gasteiger partial charge in [-0.15, -0.1) is 0 Å². The lowest BCUT2D eigenvalue weighted by molar-refractivity contribution is 0.126. The van der Waals surface area contributed by atoms with Gasteiger partial charge in [-0.25, -0.2) is 4.79 Å². The van der Waals surface area contributed by atoms with Gasteiger partial charge in [-0.3, -0.25) is 4.68 Å². The smallest absolute Gasteiger partial charge is 0.315 e. The minimum atomic E-state index is -0.103. The Kier molecular flexibility index (Phi) is 6.21. The Morgan fingerprint density at radius 2 is 2.18 bits per heavy atom. The predicted octanol–water partition coefficient (Wildman–Crippen LogP) is 0.639. The summed E-state index contributed by atoms with van der Waals surface area (Å²) in [5.74, 6) is 0. The molecule has 2 heterocycles. The van der Waals surface area contributed by atoms with Gasteiger partial charge in [-0.2, -0.15) is 5.10 Å². The summed E-state index contributed by atoms with van der Waals surface area (Å²) < 4.78 is 6.89. The number of hydrogen-bond acceptors (Lipinski definition) is 4. The lowest BCUT2D eigenvalue weighted by Gasteiger charge is -2.32. The molecule has 1 aliphatic heterocycles. The molecule has 124 valence electrons. The van der Waals surface area contributed by atoms with Gasteiger partial charge < -0.3 is 20.3 Å². The van der Waals surface area contributed by atoms with Crippen LogP contribution in [0.2, 0.25) is 0 Å². The molecule has 2 amide bonds. The van der Waals surface area contributed by atoms with E-state index in [1.165, 1.54) is 0 Å². The van der Waals surface area contributed by atoms with Crippen LogP contribution in [0, 0.1) is 6.92 Å². The first kappa shape index (κ1) is 16.8. The highest BCUT2D eigenvalue weighted by atomic mass is 16.5. The lowest BCUT2D eigenvalue weighted by Crippen LogP contribution is -2.48. The standard InChI is InChI=1S/C15H27N5O2/c1-12-10-14(19(2)18-12)11-16-15(21)17-13-4-6-20(7-5-13)8-9-22-3/h10,13H,4-9,11H2,1-3H3,(H2,16,17,21). The maximum atomic E-state index is 12.0. The molecule has 1 aromatic rings. The topological polar surface area (TPSA) is 71.4 Å². The summed E-state index contributed by atoms with van der Waals surface area (Å²) in [4.78, 5) is 14.3. The van der Waals surface area contributed by atoms with E-state index < -0.39 is 0 Å². The zero-order valence-electron chi connectivity index (χ0n) is 13.8. The molecule has 2 rings (SSSR count). The molecule has 22 heavy (non-hydrogen) atoms. The van der Waals surface area contributed by atoms with Crippen molar-refractivity contribution in [2.45, 2.75) is 32.4 Å². The van der Waals surface area contributed by atoms with Gasteiger partial charge in [0.1, 0.15) is 0 Å². The lowest BCUT2D eigenvalue weighted by atomic mass is 10.1.